The van der Waals surface area contributed by atoms with Gasteiger partial charge in [-0.3, -0.25) is 13.3 Å². The summed E-state index contributed by atoms with van der Waals surface area (Å²) in [5.41, 5.74) is 6.57. The number of ether oxygens (including phenoxy) is 1. The minimum absolute atomic E-state index is 0.144. The highest BCUT2D eigenvalue weighted by atomic mass is 32.2. The first-order chi connectivity index (χ1) is 22.7. The minimum atomic E-state index is -4.07. The van der Waals surface area contributed by atoms with E-state index >= 15 is 0 Å². The summed E-state index contributed by atoms with van der Waals surface area (Å²) < 4.78 is 71.7. The number of aryl methyl sites for hydroxylation is 1. The number of hydrogen-bond donors (Lipinski definition) is 2. The van der Waals surface area contributed by atoms with Gasteiger partial charge in [-0.25, -0.2) is 0 Å². The molecule has 47 heavy (non-hydrogen) atoms. The number of rotatable bonds is 14. The first-order valence-corrected chi connectivity index (χ1v) is 18.0. The summed E-state index contributed by atoms with van der Waals surface area (Å²) >= 11 is -2.31. The SMILES string of the molecule is O=S(O)OCCCC[n+]1c(C=C2Oc3ccc(-c4ccccc4)cc3N2CCCCS(=O)(=O)O)oc2ccc(-c3ccccc3)cc21. The summed E-state index contributed by atoms with van der Waals surface area (Å²) in [5.74, 6) is 1.41. The van der Waals surface area contributed by atoms with Crippen LogP contribution in [0, 0.1) is 0 Å². The fourth-order valence-corrected chi connectivity index (χ4v) is 6.49. The number of hydrogen-bond acceptors (Lipinski definition) is 7. The first-order valence-electron chi connectivity index (χ1n) is 15.3. The molecule has 244 valence electrons. The van der Waals surface area contributed by atoms with Crippen molar-refractivity contribution in [3.8, 4) is 28.0 Å². The van der Waals surface area contributed by atoms with E-state index in [4.69, 9.17) is 17.9 Å². The Morgan fingerprint density at radius 3 is 2.19 bits per heavy atom. The van der Waals surface area contributed by atoms with Gasteiger partial charge in [0.05, 0.1) is 18.0 Å². The van der Waals surface area contributed by atoms with Gasteiger partial charge in [-0.15, -0.1) is 0 Å². The topological polar surface area (TPSA) is 130 Å². The van der Waals surface area contributed by atoms with Crippen LogP contribution in [0.4, 0.5) is 5.69 Å². The molecule has 12 heteroatoms. The van der Waals surface area contributed by atoms with Crippen LogP contribution in [0.2, 0.25) is 0 Å². The van der Waals surface area contributed by atoms with Crippen LogP contribution >= 0.6 is 0 Å². The Kier molecular flexibility index (Phi) is 10.1. The van der Waals surface area contributed by atoms with Gasteiger partial charge in [0.1, 0.15) is 6.08 Å². The molecular formula is C35H35N2O8S2+. The van der Waals surface area contributed by atoms with Crippen molar-refractivity contribution in [1.29, 1.82) is 0 Å². The maximum absolute atomic E-state index is 11.4. The van der Waals surface area contributed by atoms with Crippen molar-refractivity contribution in [3.63, 3.8) is 0 Å². The second-order valence-electron chi connectivity index (χ2n) is 11.2. The number of nitrogens with zero attached hydrogens (tertiary/aromatic N) is 2. The summed E-state index contributed by atoms with van der Waals surface area (Å²) in [7, 11) is -4.07. The van der Waals surface area contributed by atoms with Crippen molar-refractivity contribution in [3.05, 3.63) is 109 Å². The van der Waals surface area contributed by atoms with Gasteiger partial charge in [0.25, 0.3) is 15.6 Å². The van der Waals surface area contributed by atoms with Gasteiger partial charge in [-0.2, -0.15) is 17.2 Å². The predicted octanol–water partition coefficient (Wildman–Crippen LogP) is 6.85. The molecule has 1 aliphatic rings. The molecule has 1 atom stereocenters. The van der Waals surface area contributed by atoms with E-state index in [0.717, 1.165) is 33.5 Å². The van der Waals surface area contributed by atoms with Crippen molar-refractivity contribution in [2.24, 2.45) is 0 Å². The third-order valence-corrected chi connectivity index (χ3v) is 9.09. The number of oxazole rings is 1. The molecule has 1 aliphatic heterocycles. The highest BCUT2D eigenvalue weighted by Crippen LogP contribution is 2.42. The molecule has 2 heterocycles. The van der Waals surface area contributed by atoms with E-state index in [1.54, 1.807) is 0 Å². The molecule has 0 radical (unpaired) electrons. The van der Waals surface area contributed by atoms with Crippen LogP contribution < -0.4 is 14.2 Å². The quantitative estimate of drug-likeness (QED) is 0.0562. The third-order valence-electron chi connectivity index (χ3n) is 7.92. The fourth-order valence-electron chi connectivity index (χ4n) is 5.66. The Bertz CT molecular complexity index is 2010. The average Bonchev–Trinajstić information content (AvgIpc) is 3.59. The highest BCUT2D eigenvalue weighted by molar-refractivity contribution is 7.85. The largest absolute Gasteiger partial charge is 0.438 e. The van der Waals surface area contributed by atoms with Crippen LogP contribution in [0.5, 0.6) is 5.75 Å². The summed E-state index contributed by atoms with van der Waals surface area (Å²) in [4.78, 5) is 2.00. The highest BCUT2D eigenvalue weighted by Gasteiger charge is 2.30. The number of benzene rings is 4. The third kappa shape index (κ3) is 8.16. The van der Waals surface area contributed by atoms with Crippen molar-refractivity contribution in [2.45, 2.75) is 32.2 Å². The lowest BCUT2D eigenvalue weighted by Gasteiger charge is -2.18. The van der Waals surface area contributed by atoms with Gasteiger partial charge in [0.2, 0.25) is 11.5 Å². The molecule has 0 spiro atoms. The smallest absolute Gasteiger partial charge is 0.379 e. The van der Waals surface area contributed by atoms with Crippen molar-refractivity contribution in [1.82, 2.24) is 0 Å². The van der Waals surface area contributed by atoms with Gasteiger partial charge in [-0.1, -0.05) is 72.8 Å². The van der Waals surface area contributed by atoms with E-state index in [0.29, 0.717) is 55.5 Å². The van der Waals surface area contributed by atoms with Crippen molar-refractivity contribution < 1.29 is 39.6 Å². The Balaban J connectivity index is 1.37. The lowest BCUT2D eigenvalue weighted by molar-refractivity contribution is -0.678. The Labute approximate surface area is 276 Å². The molecule has 0 bridgehead atoms. The normalized spacial score (nSPS) is 14.4. The van der Waals surface area contributed by atoms with Crippen LogP contribution in [0.25, 0.3) is 39.4 Å². The van der Waals surface area contributed by atoms with Crippen LogP contribution in [-0.2, 0) is 32.2 Å². The van der Waals surface area contributed by atoms with Gasteiger partial charge >= 0.3 is 17.3 Å². The van der Waals surface area contributed by atoms with E-state index in [1.165, 1.54) is 0 Å². The zero-order valence-electron chi connectivity index (χ0n) is 25.5. The molecule has 0 amide bonds. The lowest BCUT2D eigenvalue weighted by Crippen LogP contribution is -2.36. The van der Waals surface area contributed by atoms with Crippen molar-refractivity contribution >= 4 is 44.3 Å². The molecule has 1 aromatic heterocycles. The molecule has 0 fully saturated rings. The molecule has 5 aromatic rings. The summed E-state index contributed by atoms with van der Waals surface area (Å²) in [6, 6.07) is 32.1. The minimum Gasteiger partial charge on any atom is -0.438 e. The number of aromatic nitrogens is 1. The van der Waals surface area contributed by atoms with Crippen LogP contribution in [0.15, 0.2) is 107 Å². The molecule has 2 N–H and O–H groups in total. The Hall–Kier alpha value is -4.33. The molecular weight excluding hydrogens is 641 g/mol. The molecule has 0 aliphatic carbocycles. The standard InChI is InChI=1S/C35H34N2O8S2/c38-46(39)43-21-9-7-19-36-30-23-28(26-11-3-1-4-12-26)15-17-32(30)44-34(36)25-35-37(20-8-10-22-47(40,41)42)31-24-29(16-18-33(31)45-35)27-13-5-2-6-14-27/h1-6,11-18,23-25H,7-10,19-22H2,(H-,38,39,40,41,42)/p+1. The molecule has 0 saturated heterocycles. The Morgan fingerprint density at radius 1 is 0.830 bits per heavy atom. The zero-order valence-corrected chi connectivity index (χ0v) is 27.2. The second-order valence-corrected chi connectivity index (χ2v) is 13.4. The maximum atomic E-state index is 11.4. The van der Waals surface area contributed by atoms with E-state index in [2.05, 4.69) is 16.7 Å². The van der Waals surface area contributed by atoms with Crippen LogP contribution in [0.1, 0.15) is 31.6 Å². The summed E-state index contributed by atoms with van der Waals surface area (Å²) in [5, 5.41) is 0. The number of unbranched alkanes of at least 4 members (excludes halogenated alkanes) is 2. The second kappa shape index (κ2) is 14.6. The summed E-state index contributed by atoms with van der Waals surface area (Å²) in [6.45, 7) is 1.14. The van der Waals surface area contributed by atoms with E-state index in [1.807, 2.05) is 95.9 Å². The maximum Gasteiger partial charge on any atom is 0.379 e. The average molecular weight is 676 g/mol. The monoisotopic (exact) mass is 675 g/mol. The molecule has 10 nitrogen and oxygen atoms in total. The number of anilines is 1. The number of fused-ring (bicyclic) bond motifs is 2. The lowest BCUT2D eigenvalue weighted by atomic mass is 10.0. The van der Waals surface area contributed by atoms with E-state index < -0.39 is 21.5 Å². The molecule has 1 unspecified atom stereocenters. The van der Waals surface area contributed by atoms with Crippen molar-refractivity contribution in [2.75, 3.05) is 23.8 Å². The van der Waals surface area contributed by atoms with E-state index in [-0.39, 0.29) is 18.8 Å². The van der Waals surface area contributed by atoms with Gasteiger partial charge in [0.15, 0.2) is 12.3 Å². The summed E-state index contributed by atoms with van der Waals surface area (Å²) in [6.07, 6.45) is 3.83. The van der Waals surface area contributed by atoms with Gasteiger partial charge in [-0.05, 0) is 59.7 Å². The zero-order chi connectivity index (χ0) is 32.8. The van der Waals surface area contributed by atoms with Crippen LogP contribution in [0.3, 0.4) is 0 Å². The van der Waals surface area contributed by atoms with Crippen LogP contribution in [-0.4, -0.2) is 40.6 Å². The molecule has 6 rings (SSSR count). The molecule has 4 aromatic carbocycles. The first kappa shape index (κ1) is 32.6. The van der Waals surface area contributed by atoms with Gasteiger partial charge < -0.3 is 14.1 Å². The predicted molar refractivity (Wildman–Crippen MR) is 181 cm³/mol. The van der Waals surface area contributed by atoms with Gasteiger partial charge in [0, 0.05) is 19.0 Å². The fraction of sp³-hybridized carbons (Fsp3) is 0.229. The molecule has 0 saturated carbocycles. The Morgan fingerprint density at radius 2 is 1.51 bits per heavy atom. The van der Waals surface area contributed by atoms with E-state index in [9.17, 15) is 17.2 Å².